The molecule has 2 aromatic heterocycles. The van der Waals surface area contributed by atoms with Crippen LogP contribution in [0.2, 0.25) is 0 Å². The maximum absolute atomic E-state index is 5.09. The van der Waals surface area contributed by atoms with E-state index in [0.29, 0.717) is 0 Å². The molecule has 4 aromatic carbocycles. The van der Waals surface area contributed by atoms with Crippen molar-refractivity contribution >= 4 is 47.6 Å². The average molecular weight is 493 g/mol. The fourth-order valence-corrected chi connectivity index (χ4v) is 5.67. The first kappa shape index (κ1) is 19.4. The molecular formula is C28H17BrN2S. The summed E-state index contributed by atoms with van der Waals surface area (Å²) in [4.78, 5) is 10.2. The molecule has 6 aromatic rings. The molecule has 2 heterocycles. The van der Waals surface area contributed by atoms with Gasteiger partial charge >= 0.3 is 0 Å². The van der Waals surface area contributed by atoms with Crippen LogP contribution < -0.4 is 0 Å². The van der Waals surface area contributed by atoms with Crippen molar-refractivity contribution in [2.75, 3.05) is 0 Å². The molecule has 0 unspecified atom stereocenters. The topological polar surface area (TPSA) is 25.8 Å². The van der Waals surface area contributed by atoms with Crippen LogP contribution in [0.4, 0.5) is 0 Å². The summed E-state index contributed by atoms with van der Waals surface area (Å²) in [6.45, 7) is 0. The van der Waals surface area contributed by atoms with Gasteiger partial charge in [0.25, 0.3) is 0 Å². The van der Waals surface area contributed by atoms with Gasteiger partial charge < -0.3 is 0 Å². The summed E-state index contributed by atoms with van der Waals surface area (Å²) in [5.41, 5.74) is 6.39. The van der Waals surface area contributed by atoms with Gasteiger partial charge in [-0.15, -0.1) is 11.3 Å². The van der Waals surface area contributed by atoms with Crippen molar-refractivity contribution in [3.05, 3.63) is 108 Å². The summed E-state index contributed by atoms with van der Waals surface area (Å²) in [5, 5.41) is 1.17. The summed E-state index contributed by atoms with van der Waals surface area (Å²) in [7, 11) is 0. The van der Waals surface area contributed by atoms with Crippen LogP contribution in [-0.2, 0) is 0 Å². The lowest BCUT2D eigenvalue weighted by atomic mass is 10.0. The molecule has 0 radical (unpaired) electrons. The number of aromatic nitrogens is 2. The van der Waals surface area contributed by atoms with Crippen molar-refractivity contribution < 1.29 is 0 Å². The Kier molecular flexibility index (Phi) is 4.82. The molecule has 0 aliphatic heterocycles. The third-order valence-corrected chi connectivity index (χ3v) is 7.15. The lowest BCUT2D eigenvalue weighted by Crippen LogP contribution is -1.94. The van der Waals surface area contributed by atoms with Crippen LogP contribution in [0, 0.1) is 0 Å². The Hall–Kier alpha value is -3.34. The van der Waals surface area contributed by atoms with Gasteiger partial charge in [-0.25, -0.2) is 9.97 Å². The van der Waals surface area contributed by atoms with Crippen LogP contribution >= 0.6 is 27.3 Å². The normalized spacial score (nSPS) is 11.3. The first-order valence-electron chi connectivity index (χ1n) is 10.4. The second-order valence-electron chi connectivity index (χ2n) is 7.63. The minimum absolute atomic E-state index is 0.735. The van der Waals surface area contributed by atoms with Crippen molar-refractivity contribution in [3.63, 3.8) is 0 Å². The molecule has 0 atom stereocenters. The van der Waals surface area contributed by atoms with E-state index in [1.165, 1.54) is 15.6 Å². The van der Waals surface area contributed by atoms with Gasteiger partial charge in [-0.3, -0.25) is 0 Å². The van der Waals surface area contributed by atoms with Gasteiger partial charge in [0.15, 0.2) is 5.82 Å². The van der Waals surface area contributed by atoms with Crippen LogP contribution in [0.25, 0.3) is 54.1 Å². The molecule has 0 fully saturated rings. The van der Waals surface area contributed by atoms with Crippen LogP contribution in [-0.4, -0.2) is 9.97 Å². The minimum Gasteiger partial charge on any atom is -0.226 e. The van der Waals surface area contributed by atoms with Gasteiger partial charge in [0.1, 0.15) is 0 Å². The number of hydrogen-bond donors (Lipinski definition) is 0. The van der Waals surface area contributed by atoms with Gasteiger partial charge in [0.05, 0.1) is 15.9 Å². The molecule has 0 aliphatic rings. The Morgan fingerprint density at radius 3 is 2.03 bits per heavy atom. The van der Waals surface area contributed by atoms with E-state index in [1.807, 2.05) is 12.1 Å². The van der Waals surface area contributed by atoms with Gasteiger partial charge in [-0.1, -0.05) is 94.8 Å². The smallest absolute Gasteiger partial charge is 0.160 e. The summed E-state index contributed by atoms with van der Waals surface area (Å²) in [5.74, 6) is 0.735. The number of thiophene rings is 1. The maximum Gasteiger partial charge on any atom is 0.160 e. The van der Waals surface area contributed by atoms with Crippen LogP contribution in [0.1, 0.15) is 0 Å². The predicted molar refractivity (Wildman–Crippen MR) is 139 cm³/mol. The molecule has 0 aliphatic carbocycles. The lowest BCUT2D eigenvalue weighted by molar-refractivity contribution is 1.24. The van der Waals surface area contributed by atoms with Crippen LogP contribution in [0.3, 0.4) is 0 Å². The highest BCUT2D eigenvalue weighted by Crippen LogP contribution is 2.39. The highest BCUT2D eigenvalue weighted by molar-refractivity contribution is 9.10. The fraction of sp³-hybridized carbons (Fsp3) is 0. The van der Waals surface area contributed by atoms with E-state index in [9.17, 15) is 0 Å². The quantitative estimate of drug-likeness (QED) is 0.247. The molecule has 0 N–H and O–H groups in total. The first-order chi connectivity index (χ1) is 15.8. The van der Waals surface area contributed by atoms with E-state index in [0.717, 1.165) is 42.9 Å². The molecule has 152 valence electrons. The number of nitrogens with zero attached hydrogens (tertiary/aromatic N) is 2. The van der Waals surface area contributed by atoms with Crippen LogP contribution in [0.15, 0.2) is 108 Å². The second-order valence-corrected chi connectivity index (χ2v) is 9.60. The van der Waals surface area contributed by atoms with Crippen molar-refractivity contribution in [2.45, 2.75) is 0 Å². The summed E-state index contributed by atoms with van der Waals surface area (Å²) < 4.78 is 3.36. The van der Waals surface area contributed by atoms with Crippen molar-refractivity contribution in [1.29, 1.82) is 0 Å². The fourth-order valence-electron chi connectivity index (χ4n) is 4.03. The highest BCUT2D eigenvalue weighted by atomic mass is 79.9. The number of fused-ring (bicyclic) bond motifs is 3. The van der Waals surface area contributed by atoms with Crippen molar-refractivity contribution in [2.24, 2.45) is 0 Å². The Morgan fingerprint density at radius 2 is 1.25 bits per heavy atom. The number of rotatable bonds is 3. The Labute approximate surface area is 198 Å². The van der Waals surface area contributed by atoms with E-state index in [4.69, 9.17) is 9.97 Å². The largest absolute Gasteiger partial charge is 0.226 e. The van der Waals surface area contributed by atoms with E-state index in [2.05, 4.69) is 107 Å². The Bertz CT molecular complexity index is 1570. The summed E-state index contributed by atoms with van der Waals surface area (Å²) in [6, 6.07) is 35.6. The van der Waals surface area contributed by atoms with Crippen LogP contribution in [0.5, 0.6) is 0 Å². The highest BCUT2D eigenvalue weighted by Gasteiger charge is 2.17. The predicted octanol–water partition coefficient (Wildman–Crippen LogP) is 8.61. The molecule has 2 nitrogen and oxygen atoms in total. The number of hydrogen-bond acceptors (Lipinski definition) is 3. The summed E-state index contributed by atoms with van der Waals surface area (Å²) >= 11 is 5.46. The van der Waals surface area contributed by atoms with E-state index < -0.39 is 0 Å². The standard InChI is InChI=1S/C28H17BrN2S/c29-22-16-20(18-9-3-1-4-10-18)15-21(17-22)28-30-25(19-11-5-2-6-12-19)27-26(31-28)23-13-7-8-14-24(23)32-27/h1-17H. The molecule has 0 saturated carbocycles. The maximum atomic E-state index is 5.09. The molecular weight excluding hydrogens is 476 g/mol. The van der Waals surface area contributed by atoms with E-state index in [-0.39, 0.29) is 0 Å². The van der Waals surface area contributed by atoms with Gasteiger partial charge in [-0.05, 0) is 35.4 Å². The molecule has 0 amide bonds. The molecule has 0 spiro atoms. The first-order valence-corrected chi connectivity index (χ1v) is 12.0. The SMILES string of the molecule is Brc1cc(-c2ccccc2)cc(-c2nc(-c3ccccc3)c3sc4ccccc4c3n2)c1. The minimum atomic E-state index is 0.735. The van der Waals surface area contributed by atoms with Crippen molar-refractivity contribution in [1.82, 2.24) is 9.97 Å². The molecule has 0 bridgehead atoms. The average Bonchev–Trinajstić information content (AvgIpc) is 3.23. The second kappa shape index (κ2) is 7.97. The molecule has 6 rings (SSSR count). The van der Waals surface area contributed by atoms with E-state index >= 15 is 0 Å². The molecule has 4 heteroatoms. The van der Waals surface area contributed by atoms with Gasteiger partial charge in [-0.2, -0.15) is 0 Å². The molecule has 0 saturated heterocycles. The van der Waals surface area contributed by atoms with Crippen molar-refractivity contribution in [3.8, 4) is 33.8 Å². The molecule has 32 heavy (non-hydrogen) atoms. The summed E-state index contributed by atoms with van der Waals surface area (Å²) in [6.07, 6.45) is 0. The Balaban J connectivity index is 1.64. The Morgan fingerprint density at radius 1 is 0.594 bits per heavy atom. The van der Waals surface area contributed by atoms with E-state index in [1.54, 1.807) is 11.3 Å². The third-order valence-electron chi connectivity index (χ3n) is 5.53. The monoisotopic (exact) mass is 492 g/mol. The third kappa shape index (κ3) is 3.42. The van der Waals surface area contributed by atoms with Gasteiger partial charge in [0, 0.05) is 25.7 Å². The zero-order valence-electron chi connectivity index (χ0n) is 17.0. The number of halogens is 1. The number of benzene rings is 4. The lowest BCUT2D eigenvalue weighted by Gasteiger charge is -2.09. The van der Waals surface area contributed by atoms with Gasteiger partial charge in [0.2, 0.25) is 0 Å². The zero-order chi connectivity index (χ0) is 21.5. The zero-order valence-corrected chi connectivity index (χ0v) is 19.4.